The molecule has 2 aliphatic carbocycles. The van der Waals surface area contributed by atoms with Gasteiger partial charge in [-0.2, -0.15) is 0 Å². The molecule has 0 unspecified atom stereocenters. The molecule has 0 amide bonds. The van der Waals surface area contributed by atoms with Gasteiger partial charge >= 0.3 is 11.9 Å². The molecule has 0 heterocycles. The summed E-state index contributed by atoms with van der Waals surface area (Å²) in [4.78, 5) is 25.3. The minimum atomic E-state index is -0.166. The van der Waals surface area contributed by atoms with Crippen LogP contribution in [0.4, 0.5) is 0 Å². The molecule has 2 aliphatic rings. The highest BCUT2D eigenvalue weighted by molar-refractivity contribution is 5.97. The molecule has 0 N–H and O–H groups in total. The van der Waals surface area contributed by atoms with Crippen molar-refractivity contribution in [1.82, 2.24) is 0 Å². The van der Waals surface area contributed by atoms with Crippen molar-refractivity contribution < 1.29 is 19.1 Å². The van der Waals surface area contributed by atoms with Gasteiger partial charge < -0.3 is 9.47 Å². The Morgan fingerprint density at radius 1 is 0.643 bits per heavy atom. The zero-order valence-electron chi connectivity index (χ0n) is 16.3. The lowest BCUT2D eigenvalue weighted by molar-refractivity contribution is -0.140. The minimum absolute atomic E-state index is 0.0269. The van der Waals surface area contributed by atoms with Crippen molar-refractivity contribution in [2.24, 2.45) is 11.8 Å². The third-order valence-corrected chi connectivity index (χ3v) is 6.13. The van der Waals surface area contributed by atoms with E-state index in [1.54, 1.807) is 12.1 Å². The third-order valence-electron chi connectivity index (χ3n) is 6.13. The fourth-order valence-corrected chi connectivity index (χ4v) is 4.50. The highest BCUT2D eigenvalue weighted by Gasteiger charge is 2.26. The first kappa shape index (κ1) is 19.0. The second-order valence-electron chi connectivity index (χ2n) is 8.12. The first-order valence-corrected chi connectivity index (χ1v) is 10.7. The maximum absolute atomic E-state index is 12.7. The van der Waals surface area contributed by atoms with Gasteiger partial charge in [-0.1, -0.05) is 62.8 Å². The first-order chi connectivity index (χ1) is 13.7. The summed E-state index contributed by atoms with van der Waals surface area (Å²) in [6.07, 6.45) is 10.3. The standard InChI is InChI=1S/C24H28O4/c25-23(18-9-3-1-4-10-18)27-20-15-7-13-17-14-8-16-21(22(17)20)28-24(26)19-11-5-2-6-12-19/h7-8,13-16,18-19H,1-6,9-12H2. The Hall–Kier alpha value is -2.36. The van der Waals surface area contributed by atoms with Gasteiger partial charge in [-0.3, -0.25) is 9.59 Å². The van der Waals surface area contributed by atoms with Crippen LogP contribution in [0.1, 0.15) is 64.2 Å². The van der Waals surface area contributed by atoms with Crippen LogP contribution in [-0.2, 0) is 9.59 Å². The summed E-state index contributed by atoms with van der Waals surface area (Å²) < 4.78 is 11.6. The van der Waals surface area contributed by atoms with Crippen LogP contribution in [0.25, 0.3) is 10.8 Å². The van der Waals surface area contributed by atoms with E-state index >= 15 is 0 Å². The maximum Gasteiger partial charge on any atom is 0.314 e. The fourth-order valence-electron chi connectivity index (χ4n) is 4.50. The predicted molar refractivity (Wildman–Crippen MR) is 108 cm³/mol. The van der Waals surface area contributed by atoms with Gasteiger partial charge in [-0.25, -0.2) is 0 Å². The molecular weight excluding hydrogens is 352 g/mol. The van der Waals surface area contributed by atoms with Crippen LogP contribution < -0.4 is 9.47 Å². The van der Waals surface area contributed by atoms with Crippen LogP contribution in [0, 0.1) is 11.8 Å². The largest absolute Gasteiger partial charge is 0.426 e. The van der Waals surface area contributed by atoms with Gasteiger partial charge in [0.25, 0.3) is 0 Å². The third kappa shape index (κ3) is 4.21. The monoisotopic (exact) mass is 380 g/mol. The number of esters is 2. The van der Waals surface area contributed by atoms with E-state index < -0.39 is 0 Å². The molecule has 0 saturated heterocycles. The minimum Gasteiger partial charge on any atom is -0.426 e. The average molecular weight is 380 g/mol. The van der Waals surface area contributed by atoms with E-state index in [1.165, 1.54) is 12.8 Å². The van der Waals surface area contributed by atoms with Crippen LogP contribution in [0.3, 0.4) is 0 Å². The lowest BCUT2D eigenvalue weighted by Gasteiger charge is -2.21. The van der Waals surface area contributed by atoms with E-state index in [9.17, 15) is 9.59 Å². The van der Waals surface area contributed by atoms with Crippen molar-refractivity contribution >= 4 is 22.7 Å². The highest BCUT2D eigenvalue weighted by Crippen LogP contribution is 2.36. The van der Waals surface area contributed by atoms with Crippen molar-refractivity contribution in [1.29, 1.82) is 0 Å². The van der Waals surface area contributed by atoms with Gasteiger partial charge in [0.05, 0.1) is 17.2 Å². The van der Waals surface area contributed by atoms with Gasteiger partial charge in [0.15, 0.2) is 0 Å². The number of hydrogen-bond donors (Lipinski definition) is 0. The Kier molecular flexibility index (Phi) is 5.94. The van der Waals surface area contributed by atoms with E-state index in [0.717, 1.165) is 56.8 Å². The summed E-state index contributed by atoms with van der Waals surface area (Å²) >= 11 is 0. The Balaban J connectivity index is 1.58. The molecule has 0 bridgehead atoms. The molecule has 0 radical (unpaired) electrons. The van der Waals surface area contributed by atoms with E-state index in [-0.39, 0.29) is 23.8 Å². The number of carbonyl (C=O) groups excluding carboxylic acids is 2. The SMILES string of the molecule is O=C(Oc1cccc2cccc(OC(=O)C3CCCCC3)c12)C1CCCCC1. The van der Waals surface area contributed by atoms with Gasteiger partial charge in [-0.15, -0.1) is 0 Å². The molecule has 4 heteroatoms. The molecule has 0 aromatic heterocycles. The predicted octanol–water partition coefficient (Wildman–Crippen LogP) is 5.81. The summed E-state index contributed by atoms with van der Waals surface area (Å²) in [5.41, 5.74) is 0. The van der Waals surface area contributed by atoms with Gasteiger partial charge in [0.2, 0.25) is 0 Å². The molecule has 0 spiro atoms. The molecule has 0 aliphatic heterocycles. The summed E-state index contributed by atoms with van der Waals surface area (Å²) in [5, 5.41) is 1.61. The molecule has 28 heavy (non-hydrogen) atoms. The molecular formula is C24H28O4. The normalized spacial score (nSPS) is 18.7. The molecule has 0 atom stereocenters. The molecule has 4 nitrogen and oxygen atoms in total. The van der Waals surface area contributed by atoms with Crippen molar-refractivity contribution in [3.8, 4) is 11.5 Å². The van der Waals surface area contributed by atoms with Crippen molar-refractivity contribution in [3.63, 3.8) is 0 Å². The Bertz CT molecular complexity index is 778. The smallest absolute Gasteiger partial charge is 0.314 e. The van der Waals surface area contributed by atoms with E-state index in [2.05, 4.69) is 0 Å². The second kappa shape index (κ2) is 8.76. The van der Waals surface area contributed by atoms with E-state index in [4.69, 9.17) is 9.47 Å². The van der Waals surface area contributed by atoms with Crippen molar-refractivity contribution in [2.75, 3.05) is 0 Å². The quantitative estimate of drug-likeness (QED) is 0.496. The van der Waals surface area contributed by atoms with Crippen LogP contribution >= 0.6 is 0 Å². The lowest BCUT2D eigenvalue weighted by Crippen LogP contribution is -2.23. The number of rotatable bonds is 4. The molecule has 2 fully saturated rings. The molecule has 2 aromatic carbocycles. The van der Waals surface area contributed by atoms with Gasteiger partial charge in [-0.05, 0) is 43.2 Å². The average Bonchev–Trinajstić information content (AvgIpc) is 2.75. The Morgan fingerprint density at radius 2 is 1.07 bits per heavy atom. The molecule has 148 valence electrons. The number of carbonyl (C=O) groups is 2. The zero-order valence-corrected chi connectivity index (χ0v) is 16.3. The summed E-state index contributed by atoms with van der Waals surface area (Å²) in [5.74, 6) is 0.586. The van der Waals surface area contributed by atoms with Crippen LogP contribution in [0.2, 0.25) is 0 Å². The second-order valence-corrected chi connectivity index (χ2v) is 8.12. The highest BCUT2D eigenvalue weighted by atomic mass is 16.5. The van der Waals surface area contributed by atoms with Crippen molar-refractivity contribution in [3.05, 3.63) is 36.4 Å². The van der Waals surface area contributed by atoms with Crippen LogP contribution in [0.15, 0.2) is 36.4 Å². The Labute approximate surface area is 166 Å². The van der Waals surface area contributed by atoms with Crippen molar-refractivity contribution in [2.45, 2.75) is 64.2 Å². The topological polar surface area (TPSA) is 52.6 Å². The Morgan fingerprint density at radius 3 is 1.50 bits per heavy atom. The molecule has 4 rings (SSSR count). The lowest BCUT2D eigenvalue weighted by atomic mass is 9.89. The summed E-state index contributed by atoms with van der Waals surface area (Å²) in [6.45, 7) is 0. The number of ether oxygens (including phenoxy) is 2. The summed E-state index contributed by atoms with van der Waals surface area (Å²) in [6, 6.07) is 11.2. The van der Waals surface area contributed by atoms with E-state index in [1.807, 2.05) is 24.3 Å². The van der Waals surface area contributed by atoms with E-state index in [0.29, 0.717) is 16.9 Å². The zero-order chi connectivity index (χ0) is 19.3. The first-order valence-electron chi connectivity index (χ1n) is 10.7. The fraction of sp³-hybridized carbons (Fsp3) is 0.500. The maximum atomic E-state index is 12.7. The number of hydrogen-bond acceptors (Lipinski definition) is 4. The number of fused-ring (bicyclic) bond motifs is 1. The number of benzene rings is 2. The molecule has 2 aromatic rings. The summed E-state index contributed by atoms with van der Waals surface area (Å²) in [7, 11) is 0. The van der Waals surface area contributed by atoms with Crippen LogP contribution in [-0.4, -0.2) is 11.9 Å². The van der Waals surface area contributed by atoms with Gasteiger partial charge in [0, 0.05) is 0 Å². The van der Waals surface area contributed by atoms with Gasteiger partial charge in [0.1, 0.15) is 11.5 Å². The van der Waals surface area contributed by atoms with Crippen LogP contribution in [0.5, 0.6) is 11.5 Å². The molecule has 2 saturated carbocycles.